The molecule has 1 atom stereocenters. The maximum Gasteiger partial charge on any atom is 0.241 e. The quantitative estimate of drug-likeness (QED) is 0.599. The maximum atomic E-state index is 5.90. The van der Waals surface area contributed by atoms with Crippen LogP contribution in [0.1, 0.15) is 26.2 Å². The van der Waals surface area contributed by atoms with Crippen molar-refractivity contribution in [3.63, 3.8) is 0 Å². The highest BCUT2D eigenvalue weighted by molar-refractivity contribution is 5.44. The van der Waals surface area contributed by atoms with Gasteiger partial charge in [0.15, 0.2) is 0 Å². The molecule has 4 N–H and O–H groups in total. The summed E-state index contributed by atoms with van der Waals surface area (Å²) < 4.78 is 11.8. The van der Waals surface area contributed by atoms with Gasteiger partial charge < -0.3 is 20.9 Å². The summed E-state index contributed by atoms with van der Waals surface area (Å²) in [5.41, 5.74) is 12.8. The fourth-order valence-corrected chi connectivity index (χ4v) is 1.95. The Bertz CT molecular complexity index is 555. The lowest BCUT2D eigenvalue weighted by Gasteiger charge is -2.20. The lowest BCUT2D eigenvalue weighted by molar-refractivity contribution is -0.00205. The molecule has 2 aromatic rings. The van der Waals surface area contributed by atoms with Gasteiger partial charge in [-0.15, -0.1) is 0 Å². The molecule has 0 aliphatic rings. The fraction of sp³-hybridized carbons (Fsp3) is 0.294. The van der Waals surface area contributed by atoms with Crippen LogP contribution in [0.15, 0.2) is 48.5 Å². The van der Waals surface area contributed by atoms with E-state index < -0.39 is 0 Å². The highest BCUT2D eigenvalue weighted by Crippen LogP contribution is 2.21. The standard InChI is InChI=1S/C17H22N2O2/c1-2-3-7-17(20-15-10-8-13(18)9-11-15)21-16-6-4-5-14(19)12-16/h4-6,8-12,17H,2-3,7,18-19H2,1H3. The number of nitrogens with two attached hydrogens (primary N) is 2. The largest absolute Gasteiger partial charge is 0.455 e. The topological polar surface area (TPSA) is 70.5 Å². The third-order valence-corrected chi connectivity index (χ3v) is 3.07. The molecule has 0 spiro atoms. The van der Waals surface area contributed by atoms with E-state index in [0.29, 0.717) is 17.1 Å². The van der Waals surface area contributed by atoms with Crippen LogP contribution >= 0.6 is 0 Å². The second-order valence-corrected chi connectivity index (χ2v) is 4.95. The third kappa shape index (κ3) is 4.91. The van der Waals surface area contributed by atoms with Gasteiger partial charge in [0.2, 0.25) is 6.29 Å². The summed E-state index contributed by atoms with van der Waals surface area (Å²) in [4.78, 5) is 0. The maximum absolute atomic E-state index is 5.90. The number of unbranched alkanes of at least 4 members (excludes halogenated alkanes) is 1. The first-order valence-corrected chi connectivity index (χ1v) is 7.22. The van der Waals surface area contributed by atoms with Gasteiger partial charge in [-0.25, -0.2) is 0 Å². The Kier molecular flexibility index (Phi) is 5.32. The zero-order chi connectivity index (χ0) is 15.1. The van der Waals surface area contributed by atoms with E-state index in [9.17, 15) is 0 Å². The van der Waals surface area contributed by atoms with Crippen LogP contribution in [0, 0.1) is 0 Å². The molecular weight excluding hydrogens is 264 g/mol. The Morgan fingerprint density at radius 1 is 0.905 bits per heavy atom. The molecule has 0 aromatic heterocycles. The van der Waals surface area contributed by atoms with Crippen molar-refractivity contribution in [2.75, 3.05) is 11.5 Å². The van der Waals surface area contributed by atoms with E-state index in [2.05, 4.69) is 6.92 Å². The lowest BCUT2D eigenvalue weighted by Crippen LogP contribution is -2.24. The van der Waals surface area contributed by atoms with Crippen LogP contribution in [0.4, 0.5) is 11.4 Å². The van der Waals surface area contributed by atoms with Gasteiger partial charge in [0.05, 0.1) is 0 Å². The van der Waals surface area contributed by atoms with Gasteiger partial charge in [-0.3, -0.25) is 0 Å². The molecular formula is C17H22N2O2. The first kappa shape index (κ1) is 15.0. The summed E-state index contributed by atoms with van der Waals surface area (Å²) in [5, 5.41) is 0. The monoisotopic (exact) mass is 286 g/mol. The molecule has 0 aliphatic carbocycles. The molecule has 0 saturated heterocycles. The van der Waals surface area contributed by atoms with Crippen molar-refractivity contribution < 1.29 is 9.47 Å². The minimum atomic E-state index is -0.338. The minimum absolute atomic E-state index is 0.338. The van der Waals surface area contributed by atoms with E-state index in [1.165, 1.54) is 0 Å². The number of ether oxygens (including phenoxy) is 2. The average Bonchev–Trinajstić information content (AvgIpc) is 2.47. The molecule has 4 heteroatoms. The predicted molar refractivity (Wildman–Crippen MR) is 86.3 cm³/mol. The molecule has 1 unspecified atom stereocenters. The Hall–Kier alpha value is -2.36. The average molecular weight is 286 g/mol. The SMILES string of the molecule is CCCCC(Oc1ccc(N)cc1)Oc1cccc(N)c1. The summed E-state index contributed by atoms with van der Waals surface area (Å²) in [7, 11) is 0. The van der Waals surface area contributed by atoms with Gasteiger partial charge in [-0.2, -0.15) is 0 Å². The van der Waals surface area contributed by atoms with E-state index in [0.717, 1.165) is 25.0 Å². The summed E-state index contributed by atoms with van der Waals surface area (Å²) in [6.07, 6.45) is 2.59. The van der Waals surface area contributed by atoms with Crippen molar-refractivity contribution >= 4 is 11.4 Å². The number of hydrogen-bond acceptors (Lipinski definition) is 4. The van der Waals surface area contributed by atoms with Gasteiger partial charge >= 0.3 is 0 Å². The molecule has 0 heterocycles. The second kappa shape index (κ2) is 7.43. The molecule has 4 nitrogen and oxygen atoms in total. The van der Waals surface area contributed by atoms with Gasteiger partial charge in [-0.1, -0.05) is 19.4 Å². The molecule has 112 valence electrons. The van der Waals surface area contributed by atoms with Crippen LogP contribution in [-0.4, -0.2) is 6.29 Å². The molecule has 0 bridgehead atoms. The van der Waals surface area contributed by atoms with E-state index in [1.807, 2.05) is 42.5 Å². The van der Waals surface area contributed by atoms with E-state index in [4.69, 9.17) is 20.9 Å². The zero-order valence-corrected chi connectivity index (χ0v) is 12.3. The summed E-state index contributed by atoms with van der Waals surface area (Å²) >= 11 is 0. The number of rotatable bonds is 7. The third-order valence-electron chi connectivity index (χ3n) is 3.07. The summed E-state index contributed by atoms with van der Waals surface area (Å²) in [6.45, 7) is 2.14. The first-order chi connectivity index (χ1) is 10.2. The Balaban J connectivity index is 2.04. The smallest absolute Gasteiger partial charge is 0.241 e. The van der Waals surface area contributed by atoms with Crippen LogP contribution in [0.25, 0.3) is 0 Å². The van der Waals surface area contributed by atoms with Crippen LogP contribution < -0.4 is 20.9 Å². The molecule has 2 aromatic carbocycles. The number of nitrogen functional groups attached to an aromatic ring is 2. The normalized spacial score (nSPS) is 11.9. The first-order valence-electron chi connectivity index (χ1n) is 7.22. The van der Waals surface area contributed by atoms with Crippen molar-refractivity contribution in [3.05, 3.63) is 48.5 Å². The number of benzene rings is 2. The minimum Gasteiger partial charge on any atom is -0.455 e. The van der Waals surface area contributed by atoms with Crippen molar-refractivity contribution in [2.24, 2.45) is 0 Å². The van der Waals surface area contributed by atoms with Gasteiger partial charge in [0.1, 0.15) is 11.5 Å². The molecule has 0 aliphatic heterocycles. The molecule has 21 heavy (non-hydrogen) atoms. The van der Waals surface area contributed by atoms with Gasteiger partial charge in [-0.05, 0) is 42.8 Å². The van der Waals surface area contributed by atoms with Gasteiger partial charge in [0.25, 0.3) is 0 Å². The van der Waals surface area contributed by atoms with E-state index >= 15 is 0 Å². The molecule has 2 rings (SSSR count). The second-order valence-electron chi connectivity index (χ2n) is 4.95. The molecule has 0 fully saturated rings. The summed E-state index contributed by atoms with van der Waals surface area (Å²) in [5.74, 6) is 1.46. The lowest BCUT2D eigenvalue weighted by atomic mass is 10.2. The van der Waals surface area contributed by atoms with Crippen LogP contribution in [-0.2, 0) is 0 Å². The van der Waals surface area contributed by atoms with Crippen LogP contribution in [0.2, 0.25) is 0 Å². The fourth-order valence-electron chi connectivity index (χ4n) is 1.95. The van der Waals surface area contributed by atoms with Crippen molar-refractivity contribution in [1.29, 1.82) is 0 Å². The summed E-state index contributed by atoms with van der Waals surface area (Å²) in [6, 6.07) is 14.7. The Morgan fingerprint density at radius 3 is 2.29 bits per heavy atom. The zero-order valence-electron chi connectivity index (χ0n) is 12.3. The highest BCUT2D eigenvalue weighted by Gasteiger charge is 2.12. The number of anilines is 2. The molecule has 0 saturated carbocycles. The van der Waals surface area contributed by atoms with E-state index in [-0.39, 0.29) is 6.29 Å². The van der Waals surface area contributed by atoms with Gasteiger partial charge in [0, 0.05) is 23.9 Å². The predicted octanol–water partition coefficient (Wildman–Crippen LogP) is 3.83. The van der Waals surface area contributed by atoms with Crippen LogP contribution in [0.3, 0.4) is 0 Å². The Morgan fingerprint density at radius 2 is 1.62 bits per heavy atom. The molecule has 0 amide bonds. The molecule has 0 radical (unpaired) electrons. The van der Waals surface area contributed by atoms with Crippen molar-refractivity contribution in [2.45, 2.75) is 32.5 Å². The van der Waals surface area contributed by atoms with E-state index in [1.54, 1.807) is 6.07 Å². The Labute approximate surface area is 125 Å². The van der Waals surface area contributed by atoms with Crippen LogP contribution in [0.5, 0.6) is 11.5 Å². The van der Waals surface area contributed by atoms with Crippen molar-refractivity contribution in [3.8, 4) is 11.5 Å². The van der Waals surface area contributed by atoms with Crippen molar-refractivity contribution in [1.82, 2.24) is 0 Å². The number of hydrogen-bond donors (Lipinski definition) is 2. The highest BCUT2D eigenvalue weighted by atomic mass is 16.7.